The van der Waals surface area contributed by atoms with Crippen LogP contribution in [0.25, 0.3) is 0 Å². The molecular weight excluding hydrogens is 220 g/mol. The molecule has 1 aromatic carbocycles. The molecule has 1 fully saturated rings. The maximum Gasteiger partial charge on any atom is 0.311 e. The standard InChI is InChI=1S/C12H14N2O3/c13-9-3-1-2-8(6-9)10(15)14-7-12(4-5-12)11(16)17/h1-3,6H,4-5,7,13H2,(H,14,15)(H,16,17). The van der Waals surface area contributed by atoms with Crippen LogP contribution < -0.4 is 11.1 Å². The molecule has 90 valence electrons. The maximum atomic E-state index is 11.7. The van der Waals surface area contributed by atoms with Gasteiger partial charge in [-0.1, -0.05) is 6.07 Å². The van der Waals surface area contributed by atoms with Crippen LogP contribution in [-0.2, 0) is 4.79 Å². The molecule has 1 aliphatic carbocycles. The molecular formula is C12H14N2O3. The van der Waals surface area contributed by atoms with E-state index in [0.29, 0.717) is 24.1 Å². The first-order chi connectivity index (χ1) is 8.03. The first-order valence-corrected chi connectivity index (χ1v) is 5.41. The minimum atomic E-state index is -0.842. The molecule has 0 heterocycles. The van der Waals surface area contributed by atoms with Gasteiger partial charge in [0.05, 0.1) is 5.41 Å². The molecule has 1 saturated carbocycles. The summed E-state index contributed by atoms with van der Waals surface area (Å²) < 4.78 is 0. The Labute approximate surface area is 98.6 Å². The third kappa shape index (κ3) is 2.38. The van der Waals surface area contributed by atoms with E-state index in [0.717, 1.165) is 0 Å². The van der Waals surface area contributed by atoms with Crippen molar-refractivity contribution in [2.75, 3.05) is 12.3 Å². The normalized spacial score (nSPS) is 16.2. The Hall–Kier alpha value is -2.04. The molecule has 0 spiro atoms. The van der Waals surface area contributed by atoms with Gasteiger partial charge in [-0.05, 0) is 31.0 Å². The van der Waals surface area contributed by atoms with E-state index in [1.165, 1.54) is 0 Å². The number of nitrogen functional groups attached to an aromatic ring is 1. The van der Waals surface area contributed by atoms with Crippen molar-refractivity contribution in [3.05, 3.63) is 29.8 Å². The van der Waals surface area contributed by atoms with E-state index >= 15 is 0 Å². The smallest absolute Gasteiger partial charge is 0.311 e. The number of hydrogen-bond acceptors (Lipinski definition) is 3. The molecule has 0 aliphatic heterocycles. The zero-order chi connectivity index (χ0) is 12.5. The Bertz CT molecular complexity index is 467. The fraction of sp³-hybridized carbons (Fsp3) is 0.333. The van der Waals surface area contributed by atoms with Crippen LogP contribution in [-0.4, -0.2) is 23.5 Å². The monoisotopic (exact) mass is 234 g/mol. The number of carbonyl (C=O) groups is 2. The van der Waals surface area contributed by atoms with Crippen molar-refractivity contribution >= 4 is 17.6 Å². The molecule has 2 rings (SSSR count). The van der Waals surface area contributed by atoms with Gasteiger partial charge in [0.15, 0.2) is 0 Å². The number of nitrogens with two attached hydrogens (primary N) is 1. The Balaban J connectivity index is 1.96. The highest BCUT2D eigenvalue weighted by Gasteiger charge is 2.50. The second-order valence-corrected chi connectivity index (χ2v) is 4.39. The van der Waals surface area contributed by atoms with E-state index in [4.69, 9.17) is 10.8 Å². The second kappa shape index (κ2) is 4.08. The Morgan fingerprint density at radius 3 is 2.65 bits per heavy atom. The summed E-state index contributed by atoms with van der Waals surface area (Å²) in [5.74, 6) is -1.13. The SMILES string of the molecule is Nc1cccc(C(=O)NCC2(C(=O)O)CC2)c1. The van der Waals surface area contributed by atoms with Crippen molar-refractivity contribution in [1.29, 1.82) is 0 Å². The molecule has 1 aliphatic rings. The lowest BCUT2D eigenvalue weighted by molar-refractivity contribution is -0.143. The molecule has 0 bridgehead atoms. The Kier molecular flexibility index (Phi) is 2.75. The molecule has 1 aromatic rings. The molecule has 5 nitrogen and oxygen atoms in total. The van der Waals surface area contributed by atoms with Crippen molar-refractivity contribution in [2.24, 2.45) is 5.41 Å². The van der Waals surface area contributed by atoms with E-state index in [1.54, 1.807) is 24.3 Å². The van der Waals surface area contributed by atoms with Crippen LogP contribution in [0.1, 0.15) is 23.2 Å². The van der Waals surface area contributed by atoms with Crippen molar-refractivity contribution < 1.29 is 14.7 Å². The van der Waals surface area contributed by atoms with Gasteiger partial charge in [-0.15, -0.1) is 0 Å². The number of aliphatic carboxylic acids is 1. The fourth-order valence-electron chi connectivity index (χ4n) is 1.65. The number of rotatable bonds is 4. The van der Waals surface area contributed by atoms with Crippen LogP contribution in [0.2, 0.25) is 0 Å². The number of carbonyl (C=O) groups excluding carboxylic acids is 1. The first kappa shape index (κ1) is 11.4. The summed E-state index contributed by atoms with van der Waals surface area (Å²) in [4.78, 5) is 22.6. The summed E-state index contributed by atoms with van der Waals surface area (Å²) in [5, 5.41) is 11.6. The zero-order valence-corrected chi connectivity index (χ0v) is 9.27. The minimum absolute atomic E-state index is 0.177. The predicted molar refractivity (Wildman–Crippen MR) is 62.5 cm³/mol. The third-order valence-electron chi connectivity index (χ3n) is 3.04. The largest absolute Gasteiger partial charge is 0.481 e. The molecule has 0 atom stereocenters. The van der Waals surface area contributed by atoms with Crippen molar-refractivity contribution in [1.82, 2.24) is 5.32 Å². The van der Waals surface area contributed by atoms with E-state index in [-0.39, 0.29) is 12.5 Å². The van der Waals surface area contributed by atoms with Crippen LogP contribution in [0.15, 0.2) is 24.3 Å². The topological polar surface area (TPSA) is 92.4 Å². The van der Waals surface area contributed by atoms with Crippen molar-refractivity contribution in [2.45, 2.75) is 12.8 Å². The maximum absolute atomic E-state index is 11.7. The molecule has 4 N–H and O–H groups in total. The third-order valence-corrected chi connectivity index (χ3v) is 3.04. The number of carboxylic acids is 1. The highest BCUT2D eigenvalue weighted by molar-refractivity contribution is 5.95. The lowest BCUT2D eigenvalue weighted by Gasteiger charge is -2.11. The average molecular weight is 234 g/mol. The minimum Gasteiger partial charge on any atom is -0.481 e. The van der Waals surface area contributed by atoms with Gasteiger partial charge in [0.25, 0.3) is 5.91 Å². The van der Waals surface area contributed by atoms with Gasteiger partial charge in [-0.3, -0.25) is 9.59 Å². The van der Waals surface area contributed by atoms with Gasteiger partial charge in [0.2, 0.25) is 0 Å². The molecule has 1 amide bonds. The number of benzene rings is 1. The number of hydrogen-bond donors (Lipinski definition) is 3. The van der Waals surface area contributed by atoms with Crippen LogP contribution in [0.5, 0.6) is 0 Å². The highest BCUT2D eigenvalue weighted by Crippen LogP contribution is 2.45. The van der Waals surface area contributed by atoms with Gasteiger partial charge in [0, 0.05) is 17.8 Å². The van der Waals surface area contributed by atoms with Crippen LogP contribution in [0.3, 0.4) is 0 Å². The summed E-state index contributed by atoms with van der Waals surface area (Å²) in [6.07, 6.45) is 1.25. The zero-order valence-electron chi connectivity index (χ0n) is 9.27. The number of anilines is 1. The first-order valence-electron chi connectivity index (χ1n) is 5.41. The molecule has 0 aromatic heterocycles. The fourth-order valence-corrected chi connectivity index (χ4v) is 1.65. The van der Waals surface area contributed by atoms with Gasteiger partial charge in [-0.2, -0.15) is 0 Å². The molecule has 5 heteroatoms. The van der Waals surface area contributed by atoms with Crippen LogP contribution in [0, 0.1) is 5.41 Å². The predicted octanol–water partition coefficient (Wildman–Crippen LogP) is 0.863. The summed E-state index contributed by atoms with van der Waals surface area (Å²) in [6.45, 7) is 0.177. The van der Waals surface area contributed by atoms with Crippen LogP contribution >= 0.6 is 0 Å². The Morgan fingerprint density at radius 1 is 1.41 bits per heavy atom. The van der Waals surface area contributed by atoms with Gasteiger partial charge in [-0.25, -0.2) is 0 Å². The number of amides is 1. The summed E-state index contributed by atoms with van der Waals surface area (Å²) in [5.41, 5.74) is 5.79. The number of carboxylic acid groups (broad SMARTS) is 1. The van der Waals surface area contributed by atoms with E-state index in [9.17, 15) is 9.59 Å². The molecule has 0 unspecified atom stereocenters. The van der Waals surface area contributed by atoms with Gasteiger partial charge >= 0.3 is 5.97 Å². The summed E-state index contributed by atoms with van der Waals surface area (Å²) in [7, 11) is 0. The van der Waals surface area contributed by atoms with E-state index < -0.39 is 11.4 Å². The van der Waals surface area contributed by atoms with Gasteiger partial charge in [0.1, 0.15) is 0 Å². The van der Waals surface area contributed by atoms with E-state index in [1.807, 2.05) is 0 Å². The lowest BCUT2D eigenvalue weighted by Crippen LogP contribution is -2.34. The van der Waals surface area contributed by atoms with E-state index in [2.05, 4.69) is 5.32 Å². The van der Waals surface area contributed by atoms with Crippen molar-refractivity contribution in [3.8, 4) is 0 Å². The lowest BCUT2D eigenvalue weighted by atomic mass is 10.1. The highest BCUT2D eigenvalue weighted by atomic mass is 16.4. The van der Waals surface area contributed by atoms with Crippen LogP contribution in [0.4, 0.5) is 5.69 Å². The summed E-state index contributed by atoms with van der Waals surface area (Å²) in [6, 6.07) is 6.59. The Morgan fingerprint density at radius 2 is 2.12 bits per heavy atom. The molecule has 0 saturated heterocycles. The van der Waals surface area contributed by atoms with Crippen molar-refractivity contribution in [3.63, 3.8) is 0 Å². The number of nitrogens with one attached hydrogen (secondary N) is 1. The van der Waals surface area contributed by atoms with Gasteiger partial charge < -0.3 is 16.2 Å². The quantitative estimate of drug-likeness (QED) is 0.674. The summed E-state index contributed by atoms with van der Waals surface area (Å²) >= 11 is 0. The second-order valence-electron chi connectivity index (χ2n) is 4.39. The molecule has 17 heavy (non-hydrogen) atoms. The molecule has 0 radical (unpaired) electrons. The average Bonchev–Trinajstić information content (AvgIpc) is 3.07.